The Bertz CT molecular complexity index is 1160. The number of carbonyl (C=O) groups excluding carboxylic acids is 1. The summed E-state index contributed by atoms with van der Waals surface area (Å²) >= 11 is 0. The van der Waals surface area contributed by atoms with Crippen molar-refractivity contribution in [1.29, 1.82) is 0 Å². The molecule has 0 unspecified atom stereocenters. The molecule has 0 aliphatic carbocycles. The maximum absolute atomic E-state index is 13.5. The van der Waals surface area contributed by atoms with Gasteiger partial charge in [0.25, 0.3) is 0 Å². The first-order valence-electron chi connectivity index (χ1n) is 10.5. The second-order valence-corrected chi connectivity index (χ2v) is 7.93. The minimum atomic E-state index is -0.0360. The molecule has 1 aliphatic rings. The number of fused-ring (bicyclic) bond motifs is 1. The number of anilines is 2. The van der Waals surface area contributed by atoms with E-state index in [9.17, 15) is 4.79 Å². The zero-order valence-corrected chi connectivity index (χ0v) is 17.4. The number of aromatic nitrogens is 4. The SMILES string of the molecule is Cc1ccc(N(Cc2ccco2)C(=O)C2CCN(c3ccc4nncn4n3)CC2)cc1. The Labute approximate surface area is 180 Å². The van der Waals surface area contributed by atoms with Gasteiger partial charge in [-0.2, -0.15) is 4.52 Å². The summed E-state index contributed by atoms with van der Waals surface area (Å²) in [4.78, 5) is 17.6. The Morgan fingerprint density at radius 2 is 1.94 bits per heavy atom. The van der Waals surface area contributed by atoms with Crippen LogP contribution in [0.25, 0.3) is 5.65 Å². The van der Waals surface area contributed by atoms with Crippen molar-refractivity contribution in [2.45, 2.75) is 26.3 Å². The summed E-state index contributed by atoms with van der Waals surface area (Å²) in [6, 6.07) is 15.7. The second kappa shape index (κ2) is 8.22. The molecular formula is C23H24N6O2. The molecule has 1 aromatic carbocycles. The Morgan fingerprint density at radius 3 is 2.68 bits per heavy atom. The van der Waals surface area contributed by atoms with Crippen molar-refractivity contribution in [2.24, 2.45) is 5.92 Å². The quantitative estimate of drug-likeness (QED) is 0.496. The van der Waals surface area contributed by atoms with Gasteiger partial charge >= 0.3 is 0 Å². The maximum atomic E-state index is 13.5. The van der Waals surface area contributed by atoms with Gasteiger partial charge in [-0.3, -0.25) is 4.79 Å². The number of amides is 1. The summed E-state index contributed by atoms with van der Waals surface area (Å²) < 4.78 is 7.20. The minimum absolute atomic E-state index is 0.0360. The molecule has 8 heteroatoms. The van der Waals surface area contributed by atoms with Gasteiger partial charge in [0.2, 0.25) is 5.91 Å². The molecule has 8 nitrogen and oxygen atoms in total. The minimum Gasteiger partial charge on any atom is -0.467 e. The third-order valence-electron chi connectivity index (χ3n) is 5.82. The lowest BCUT2D eigenvalue weighted by molar-refractivity contribution is -0.123. The van der Waals surface area contributed by atoms with Crippen LogP contribution in [0.15, 0.2) is 65.5 Å². The van der Waals surface area contributed by atoms with Crippen LogP contribution >= 0.6 is 0 Å². The standard InChI is InChI=1S/C23H24N6O2/c1-17-4-6-19(7-5-17)28(15-20-3-2-14-31-20)23(30)18-10-12-27(13-11-18)22-9-8-21-25-24-16-29(21)26-22/h2-9,14,16,18H,10-13,15H2,1H3. The predicted molar refractivity (Wildman–Crippen MR) is 117 cm³/mol. The fourth-order valence-electron chi connectivity index (χ4n) is 4.04. The Hall–Kier alpha value is -3.68. The molecule has 0 N–H and O–H groups in total. The van der Waals surface area contributed by atoms with Gasteiger partial charge < -0.3 is 14.2 Å². The highest BCUT2D eigenvalue weighted by atomic mass is 16.3. The first-order valence-corrected chi connectivity index (χ1v) is 10.5. The summed E-state index contributed by atoms with van der Waals surface area (Å²) in [5, 5.41) is 12.5. The summed E-state index contributed by atoms with van der Waals surface area (Å²) in [6.07, 6.45) is 4.80. The van der Waals surface area contributed by atoms with Gasteiger partial charge in [0.15, 0.2) is 5.65 Å². The summed E-state index contributed by atoms with van der Waals surface area (Å²) in [7, 11) is 0. The Kier molecular flexibility index (Phi) is 5.11. The average Bonchev–Trinajstić information content (AvgIpc) is 3.49. The molecule has 3 aromatic heterocycles. The number of hydrogen-bond donors (Lipinski definition) is 0. The third-order valence-corrected chi connectivity index (χ3v) is 5.82. The van der Waals surface area contributed by atoms with Gasteiger partial charge in [0.05, 0.1) is 12.8 Å². The number of nitrogens with zero attached hydrogens (tertiary/aromatic N) is 6. The highest BCUT2D eigenvalue weighted by Crippen LogP contribution is 2.27. The topological polar surface area (TPSA) is 79.8 Å². The zero-order valence-electron chi connectivity index (χ0n) is 17.4. The van der Waals surface area contributed by atoms with Crippen molar-refractivity contribution in [3.63, 3.8) is 0 Å². The van der Waals surface area contributed by atoms with Gasteiger partial charge in [0, 0.05) is 24.7 Å². The second-order valence-electron chi connectivity index (χ2n) is 7.93. The van der Waals surface area contributed by atoms with Gasteiger partial charge in [0.1, 0.15) is 17.9 Å². The van der Waals surface area contributed by atoms with Crippen LogP contribution in [0.2, 0.25) is 0 Å². The number of furan rings is 1. The molecule has 0 radical (unpaired) electrons. The molecule has 1 fully saturated rings. The average molecular weight is 416 g/mol. The van der Waals surface area contributed by atoms with Gasteiger partial charge in [-0.05, 0) is 56.2 Å². The number of benzene rings is 1. The van der Waals surface area contributed by atoms with Gasteiger partial charge in [-0.1, -0.05) is 17.7 Å². The molecule has 4 heterocycles. The van der Waals surface area contributed by atoms with Crippen LogP contribution < -0.4 is 9.80 Å². The number of aryl methyl sites for hydroxylation is 1. The van der Waals surface area contributed by atoms with E-state index in [0.29, 0.717) is 6.54 Å². The lowest BCUT2D eigenvalue weighted by Gasteiger charge is -2.34. The van der Waals surface area contributed by atoms with Crippen LogP contribution in [-0.4, -0.2) is 38.8 Å². The van der Waals surface area contributed by atoms with E-state index in [0.717, 1.165) is 48.8 Å². The molecule has 4 aromatic rings. The van der Waals surface area contributed by atoms with Crippen LogP contribution in [-0.2, 0) is 11.3 Å². The number of rotatable bonds is 5. The van der Waals surface area contributed by atoms with Crippen molar-refractivity contribution >= 4 is 23.1 Å². The molecule has 0 bridgehead atoms. The van der Waals surface area contributed by atoms with Crippen molar-refractivity contribution in [3.8, 4) is 0 Å². The monoisotopic (exact) mass is 416 g/mol. The highest BCUT2D eigenvalue weighted by molar-refractivity contribution is 5.95. The fraction of sp³-hybridized carbons (Fsp3) is 0.304. The van der Waals surface area contributed by atoms with Crippen LogP contribution in [0.4, 0.5) is 11.5 Å². The van der Waals surface area contributed by atoms with E-state index in [1.54, 1.807) is 17.1 Å². The van der Waals surface area contributed by atoms with E-state index in [2.05, 4.69) is 20.2 Å². The first kappa shape index (κ1) is 19.3. The van der Waals surface area contributed by atoms with Crippen LogP contribution in [0.5, 0.6) is 0 Å². The Morgan fingerprint density at radius 1 is 1.13 bits per heavy atom. The molecule has 0 saturated carbocycles. The fourth-order valence-corrected chi connectivity index (χ4v) is 4.04. The molecule has 1 saturated heterocycles. The first-order chi connectivity index (χ1) is 15.2. The molecule has 31 heavy (non-hydrogen) atoms. The summed E-state index contributed by atoms with van der Waals surface area (Å²) in [5.41, 5.74) is 2.79. The molecule has 0 atom stereocenters. The maximum Gasteiger partial charge on any atom is 0.230 e. The molecule has 0 spiro atoms. The molecular weight excluding hydrogens is 392 g/mol. The van der Waals surface area contributed by atoms with Crippen molar-refractivity contribution in [3.05, 3.63) is 72.4 Å². The van der Waals surface area contributed by atoms with E-state index in [4.69, 9.17) is 4.42 Å². The summed E-state index contributed by atoms with van der Waals surface area (Å²) in [6.45, 7) is 4.03. The zero-order chi connectivity index (χ0) is 21.2. The lowest BCUT2D eigenvalue weighted by Crippen LogP contribution is -2.42. The van der Waals surface area contributed by atoms with E-state index < -0.39 is 0 Å². The van der Waals surface area contributed by atoms with E-state index in [-0.39, 0.29) is 11.8 Å². The largest absolute Gasteiger partial charge is 0.467 e. The predicted octanol–water partition coefficient (Wildman–Crippen LogP) is 3.48. The molecule has 1 aliphatic heterocycles. The van der Waals surface area contributed by atoms with E-state index in [1.807, 2.05) is 60.4 Å². The molecule has 5 rings (SSSR count). The molecule has 1 amide bonds. The number of piperidine rings is 1. The number of hydrogen-bond acceptors (Lipinski definition) is 6. The van der Waals surface area contributed by atoms with E-state index in [1.165, 1.54) is 5.56 Å². The van der Waals surface area contributed by atoms with Gasteiger partial charge in [-0.25, -0.2) is 0 Å². The van der Waals surface area contributed by atoms with Crippen molar-refractivity contribution in [1.82, 2.24) is 19.8 Å². The summed E-state index contributed by atoms with van der Waals surface area (Å²) in [5.74, 6) is 1.76. The number of carbonyl (C=O) groups is 1. The molecule has 158 valence electrons. The lowest BCUT2D eigenvalue weighted by atomic mass is 9.94. The van der Waals surface area contributed by atoms with E-state index >= 15 is 0 Å². The third kappa shape index (κ3) is 4.01. The Balaban J connectivity index is 1.31. The van der Waals surface area contributed by atoms with Crippen LogP contribution in [0.1, 0.15) is 24.2 Å². The van der Waals surface area contributed by atoms with Crippen molar-refractivity contribution in [2.75, 3.05) is 22.9 Å². The van der Waals surface area contributed by atoms with Crippen LogP contribution in [0.3, 0.4) is 0 Å². The van der Waals surface area contributed by atoms with Crippen molar-refractivity contribution < 1.29 is 9.21 Å². The smallest absolute Gasteiger partial charge is 0.230 e. The van der Waals surface area contributed by atoms with Crippen LogP contribution in [0, 0.1) is 12.8 Å². The normalized spacial score (nSPS) is 14.8. The van der Waals surface area contributed by atoms with Gasteiger partial charge in [-0.15, -0.1) is 15.3 Å². The highest BCUT2D eigenvalue weighted by Gasteiger charge is 2.30.